The van der Waals surface area contributed by atoms with Crippen LogP contribution in [0.3, 0.4) is 0 Å². The molecule has 3 heterocycles. The van der Waals surface area contributed by atoms with E-state index in [0.717, 1.165) is 24.5 Å². The van der Waals surface area contributed by atoms with Gasteiger partial charge in [-0.05, 0) is 18.9 Å². The Morgan fingerprint density at radius 1 is 1.29 bits per heavy atom. The highest BCUT2D eigenvalue weighted by atomic mass is 32.2. The predicted octanol–water partition coefficient (Wildman–Crippen LogP) is 1.02. The van der Waals surface area contributed by atoms with Gasteiger partial charge in [-0.15, -0.1) is 0 Å². The molecular weight excluding hydrogens is 292 g/mol. The van der Waals surface area contributed by atoms with E-state index < -0.39 is 9.84 Å². The Kier molecular flexibility index (Phi) is 3.73. The Balaban J connectivity index is 2.00. The number of nitrogens with one attached hydrogen (secondary N) is 1. The lowest BCUT2D eigenvalue weighted by molar-refractivity contribution is 0.0904. The maximum Gasteiger partial charge on any atom is 0.247 e. The lowest BCUT2D eigenvalue weighted by Crippen LogP contribution is -2.28. The van der Waals surface area contributed by atoms with Gasteiger partial charge in [-0.2, -0.15) is 0 Å². The largest absolute Gasteiger partial charge is 0.381 e. The molecule has 0 aliphatic carbocycles. The van der Waals surface area contributed by atoms with Crippen molar-refractivity contribution in [2.45, 2.75) is 24.0 Å². The monoisotopic (exact) mass is 308 g/mol. The molecule has 1 aliphatic heterocycles. The number of hydrogen-bond acceptors (Lipinski definition) is 7. The number of ether oxygens (including phenoxy) is 1. The number of fused-ring (bicyclic) bond motifs is 1. The fraction of sp³-hybridized carbons (Fsp3) is 0.462. The lowest BCUT2D eigenvalue weighted by atomic mass is 10.1. The number of rotatable bonds is 3. The molecule has 8 heteroatoms. The number of sulfone groups is 1. The third-order valence-corrected chi connectivity index (χ3v) is 4.23. The number of nitrogens with zero attached hydrogens (tertiary/aromatic N) is 3. The summed E-state index contributed by atoms with van der Waals surface area (Å²) in [5, 5.41) is 3.90. The average Bonchev–Trinajstić information content (AvgIpc) is 2.47. The molecule has 0 saturated carbocycles. The second kappa shape index (κ2) is 5.53. The number of hydrogen-bond donors (Lipinski definition) is 1. The third-order valence-electron chi connectivity index (χ3n) is 3.37. The van der Waals surface area contributed by atoms with Crippen LogP contribution in [-0.2, 0) is 14.6 Å². The molecule has 0 amide bonds. The van der Waals surface area contributed by atoms with Crippen molar-refractivity contribution >= 4 is 26.6 Å². The van der Waals surface area contributed by atoms with E-state index in [1.165, 1.54) is 6.20 Å². The molecule has 1 saturated heterocycles. The van der Waals surface area contributed by atoms with Gasteiger partial charge in [0.15, 0.2) is 5.82 Å². The van der Waals surface area contributed by atoms with Crippen LogP contribution in [0.25, 0.3) is 10.9 Å². The second-order valence-corrected chi connectivity index (χ2v) is 6.96. The van der Waals surface area contributed by atoms with E-state index in [1.54, 1.807) is 12.3 Å². The highest BCUT2D eigenvalue weighted by Crippen LogP contribution is 2.22. The standard InChI is InChI=1S/C13H16N4O3S/c1-21(18,19)13-15-8-9-2-5-14-12(11(9)17-13)16-10-3-6-20-7-4-10/h2,5,8,10H,3-4,6-7H2,1H3,(H,14,16). The van der Waals surface area contributed by atoms with Gasteiger partial charge in [0.2, 0.25) is 15.0 Å². The Morgan fingerprint density at radius 3 is 2.76 bits per heavy atom. The van der Waals surface area contributed by atoms with Crippen molar-refractivity contribution in [2.75, 3.05) is 24.8 Å². The number of aromatic nitrogens is 3. The molecule has 0 radical (unpaired) electrons. The molecule has 1 fully saturated rings. The van der Waals surface area contributed by atoms with Crippen LogP contribution in [-0.4, -0.2) is 48.9 Å². The Labute approximate surface area is 122 Å². The molecule has 7 nitrogen and oxygen atoms in total. The van der Waals surface area contributed by atoms with Gasteiger partial charge in [0.1, 0.15) is 5.52 Å². The molecule has 21 heavy (non-hydrogen) atoms. The average molecular weight is 308 g/mol. The maximum absolute atomic E-state index is 11.6. The Morgan fingerprint density at radius 2 is 2.05 bits per heavy atom. The van der Waals surface area contributed by atoms with Crippen LogP contribution in [0.15, 0.2) is 23.6 Å². The lowest BCUT2D eigenvalue weighted by Gasteiger charge is -2.23. The van der Waals surface area contributed by atoms with Crippen LogP contribution < -0.4 is 5.32 Å². The van der Waals surface area contributed by atoms with Crippen LogP contribution in [0.2, 0.25) is 0 Å². The summed E-state index contributed by atoms with van der Waals surface area (Å²) in [6.45, 7) is 1.43. The van der Waals surface area contributed by atoms with Gasteiger partial charge in [-0.3, -0.25) is 0 Å². The summed E-state index contributed by atoms with van der Waals surface area (Å²) < 4.78 is 28.5. The summed E-state index contributed by atoms with van der Waals surface area (Å²) in [7, 11) is -3.44. The van der Waals surface area contributed by atoms with Gasteiger partial charge in [0.05, 0.1) is 0 Å². The molecule has 0 atom stereocenters. The molecule has 0 unspecified atom stereocenters. The first-order valence-electron chi connectivity index (χ1n) is 6.70. The van der Waals surface area contributed by atoms with Gasteiger partial charge in [-0.25, -0.2) is 23.4 Å². The first-order valence-corrected chi connectivity index (χ1v) is 8.59. The zero-order valence-electron chi connectivity index (χ0n) is 11.6. The summed E-state index contributed by atoms with van der Waals surface area (Å²) >= 11 is 0. The fourth-order valence-corrected chi connectivity index (χ4v) is 2.76. The van der Waals surface area contributed by atoms with E-state index in [1.807, 2.05) is 0 Å². The predicted molar refractivity (Wildman–Crippen MR) is 77.9 cm³/mol. The molecular formula is C13H16N4O3S. The van der Waals surface area contributed by atoms with Gasteiger partial charge < -0.3 is 10.1 Å². The van der Waals surface area contributed by atoms with Crippen molar-refractivity contribution in [3.63, 3.8) is 0 Å². The zero-order chi connectivity index (χ0) is 14.9. The van der Waals surface area contributed by atoms with Crippen molar-refractivity contribution in [3.05, 3.63) is 18.5 Å². The summed E-state index contributed by atoms with van der Waals surface area (Å²) in [5.41, 5.74) is 0.527. The van der Waals surface area contributed by atoms with E-state index in [4.69, 9.17) is 4.74 Å². The van der Waals surface area contributed by atoms with Gasteiger partial charge >= 0.3 is 0 Å². The second-order valence-electron chi connectivity index (χ2n) is 5.05. The first-order chi connectivity index (χ1) is 10.0. The van der Waals surface area contributed by atoms with Crippen molar-refractivity contribution < 1.29 is 13.2 Å². The highest BCUT2D eigenvalue weighted by molar-refractivity contribution is 7.90. The smallest absolute Gasteiger partial charge is 0.247 e. The molecule has 0 aromatic carbocycles. The van der Waals surface area contributed by atoms with Crippen LogP contribution in [0.4, 0.5) is 5.82 Å². The SMILES string of the molecule is CS(=O)(=O)c1ncc2ccnc(NC3CCOCC3)c2n1. The molecule has 0 bridgehead atoms. The van der Waals surface area contributed by atoms with Crippen molar-refractivity contribution in [1.29, 1.82) is 0 Å². The van der Waals surface area contributed by atoms with Crippen LogP contribution in [0.1, 0.15) is 12.8 Å². The molecule has 1 N–H and O–H groups in total. The van der Waals surface area contributed by atoms with E-state index >= 15 is 0 Å². The summed E-state index contributed by atoms with van der Waals surface area (Å²) in [4.78, 5) is 12.3. The van der Waals surface area contributed by atoms with E-state index in [-0.39, 0.29) is 11.2 Å². The fourth-order valence-electron chi connectivity index (χ4n) is 2.26. The quantitative estimate of drug-likeness (QED) is 0.846. The Hall–Kier alpha value is -1.80. The molecule has 112 valence electrons. The molecule has 0 spiro atoms. The number of pyridine rings is 1. The first kappa shape index (κ1) is 14.2. The minimum atomic E-state index is -3.44. The minimum absolute atomic E-state index is 0.182. The van der Waals surface area contributed by atoms with Gasteiger partial charge in [-0.1, -0.05) is 0 Å². The van der Waals surface area contributed by atoms with E-state index in [9.17, 15) is 8.42 Å². The molecule has 3 rings (SSSR count). The van der Waals surface area contributed by atoms with E-state index in [2.05, 4.69) is 20.3 Å². The van der Waals surface area contributed by atoms with Crippen LogP contribution in [0, 0.1) is 0 Å². The summed E-state index contributed by atoms with van der Waals surface area (Å²) in [6, 6.07) is 2.02. The molecule has 1 aliphatic rings. The molecule has 2 aromatic heterocycles. The van der Waals surface area contributed by atoms with Gasteiger partial charge in [0, 0.05) is 43.3 Å². The third kappa shape index (κ3) is 3.11. The Bertz CT molecular complexity index is 757. The minimum Gasteiger partial charge on any atom is -0.381 e. The summed E-state index contributed by atoms with van der Waals surface area (Å²) in [5.74, 6) is 0.590. The highest BCUT2D eigenvalue weighted by Gasteiger charge is 2.17. The van der Waals surface area contributed by atoms with Crippen molar-refractivity contribution in [2.24, 2.45) is 0 Å². The van der Waals surface area contributed by atoms with Crippen molar-refractivity contribution in [3.8, 4) is 0 Å². The van der Waals surface area contributed by atoms with E-state index in [0.29, 0.717) is 24.5 Å². The maximum atomic E-state index is 11.6. The zero-order valence-corrected chi connectivity index (χ0v) is 12.4. The molecule has 2 aromatic rings. The number of anilines is 1. The normalized spacial score (nSPS) is 17.0. The van der Waals surface area contributed by atoms with Crippen LogP contribution >= 0.6 is 0 Å². The van der Waals surface area contributed by atoms with Crippen LogP contribution in [0.5, 0.6) is 0 Å². The van der Waals surface area contributed by atoms with Gasteiger partial charge in [0.25, 0.3) is 0 Å². The summed E-state index contributed by atoms with van der Waals surface area (Å²) in [6.07, 6.45) is 6.04. The van der Waals surface area contributed by atoms with Crippen molar-refractivity contribution in [1.82, 2.24) is 15.0 Å². The topological polar surface area (TPSA) is 94.1 Å².